The van der Waals surface area contributed by atoms with Crippen LogP contribution in [-0.4, -0.2) is 34.3 Å². The van der Waals surface area contributed by atoms with Crippen molar-refractivity contribution in [3.05, 3.63) is 60.2 Å². The van der Waals surface area contributed by atoms with Crippen molar-refractivity contribution >= 4 is 11.8 Å². The number of carbonyl (C=O) groups excluding carboxylic acids is 2. The van der Waals surface area contributed by atoms with Crippen LogP contribution in [-0.2, 0) is 4.79 Å². The summed E-state index contributed by atoms with van der Waals surface area (Å²) in [4.78, 5) is 23.7. The van der Waals surface area contributed by atoms with Crippen molar-refractivity contribution in [2.24, 2.45) is 0 Å². The van der Waals surface area contributed by atoms with Crippen LogP contribution in [0.3, 0.4) is 0 Å². The van der Waals surface area contributed by atoms with Crippen LogP contribution in [0.1, 0.15) is 24.7 Å². The Morgan fingerprint density at radius 2 is 1.68 bits per heavy atom. The number of amides is 2. The predicted octanol–water partition coefficient (Wildman–Crippen LogP) is 2.10. The summed E-state index contributed by atoms with van der Waals surface area (Å²) in [6, 6.07) is 14.2. The Kier molecular flexibility index (Phi) is 7.58. The lowest BCUT2D eigenvalue weighted by molar-refractivity contribution is -0.133. The molecule has 2 atom stereocenters. The topological polar surface area (TPSA) is 108 Å². The Hall–Kier alpha value is -2.90. The molecule has 4 N–H and O–H groups in total. The highest BCUT2D eigenvalue weighted by Crippen LogP contribution is 2.21. The largest absolute Gasteiger partial charge is 0.457 e. The van der Waals surface area contributed by atoms with Crippen molar-refractivity contribution in [1.82, 2.24) is 10.8 Å². The van der Waals surface area contributed by atoms with Gasteiger partial charge in [0.2, 0.25) is 0 Å². The van der Waals surface area contributed by atoms with Gasteiger partial charge in [0.15, 0.2) is 0 Å². The van der Waals surface area contributed by atoms with Crippen LogP contribution in [0, 0.1) is 0 Å². The Morgan fingerprint density at radius 3 is 2.28 bits per heavy atom. The molecule has 2 amide bonds. The van der Waals surface area contributed by atoms with Gasteiger partial charge >= 0.3 is 0 Å². The highest BCUT2D eigenvalue weighted by atomic mass is 16.5. The van der Waals surface area contributed by atoms with E-state index >= 15 is 0 Å². The van der Waals surface area contributed by atoms with Crippen molar-refractivity contribution in [1.29, 1.82) is 0 Å². The monoisotopic (exact) mass is 346 g/mol. The van der Waals surface area contributed by atoms with E-state index in [1.165, 1.54) is 18.5 Å². The minimum atomic E-state index is -1.28. The molecule has 0 saturated heterocycles. The second-order valence-corrected chi connectivity index (χ2v) is 5.11. The van der Waals surface area contributed by atoms with Gasteiger partial charge < -0.3 is 15.2 Å². The minimum Gasteiger partial charge on any atom is -0.457 e. The van der Waals surface area contributed by atoms with Crippen molar-refractivity contribution in [3.8, 4) is 11.5 Å². The fourth-order valence-electron chi connectivity index (χ4n) is 2.02. The minimum absolute atomic E-state index is 0. The third-order valence-electron chi connectivity index (χ3n) is 3.24. The summed E-state index contributed by atoms with van der Waals surface area (Å²) in [6.07, 6.45) is -1.18. The fraction of sp³-hybridized carbons (Fsp3) is 0.222. The molecule has 134 valence electrons. The standard InChI is InChI=1S/C17H18N2O5.CH4/c1-11(20)15(17(22)19-23)18-16(21)12-6-5-9-14(10-12)24-13-7-3-2-4-8-13;/h2-11,15,20,23H,1H3,(H,18,21)(H,19,22);1H4/t11-,15+;/m1./s1. The van der Waals surface area contributed by atoms with Crippen molar-refractivity contribution in [2.75, 3.05) is 0 Å². The normalized spacial score (nSPS) is 12.3. The number of benzene rings is 2. The molecular weight excluding hydrogens is 324 g/mol. The summed E-state index contributed by atoms with van der Waals surface area (Å²) >= 11 is 0. The molecule has 0 aliphatic heterocycles. The average molecular weight is 346 g/mol. The van der Waals surface area contributed by atoms with Gasteiger partial charge in [-0.3, -0.25) is 14.8 Å². The maximum Gasteiger partial charge on any atom is 0.268 e. The Labute approximate surface area is 146 Å². The van der Waals surface area contributed by atoms with Crippen LogP contribution in [0.25, 0.3) is 0 Å². The molecule has 0 aliphatic carbocycles. The molecule has 2 aromatic carbocycles. The maximum atomic E-state index is 12.2. The van der Waals surface area contributed by atoms with E-state index in [-0.39, 0.29) is 13.0 Å². The van der Waals surface area contributed by atoms with E-state index in [4.69, 9.17) is 9.94 Å². The Balaban J connectivity index is 0.00000312. The van der Waals surface area contributed by atoms with Crippen LogP contribution in [0.2, 0.25) is 0 Å². The highest BCUT2D eigenvalue weighted by Gasteiger charge is 2.25. The van der Waals surface area contributed by atoms with Gasteiger partial charge in [0, 0.05) is 5.56 Å². The third-order valence-corrected chi connectivity index (χ3v) is 3.24. The summed E-state index contributed by atoms with van der Waals surface area (Å²) in [5, 5.41) is 20.6. The molecule has 2 aromatic rings. The smallest absolute Gasteiger partial charge is 0.268 e. The summed E-state index contributed by atoms with van der Waals surface area (Å²) in [6.45, 7) is 1.33. The number of rotatable bonds is 6. The van der Waals surface area contributed by atoms with Gasteiger partial charge in [-0.1, -0.05) is 31.7 Å². The third kappa shape index (κ3) is 5.59. The fourth-order valence-corrected chi connectivity index (χ4v) is 2.02. The number of nitrogens with one attached hydrogen (secondary N) is 2. The van der Waals surface area contributed by atoms with Gasteiger partial charge in [0.05, 0.1) is 6.10 Å². The summed E-state index contributed by atoms with van der Waals surface area (Å²) in [5.74, 6) is -0.413. The second-order valence-electron chi connectivity index (χ2n) is 5.11. The molecular formula is C18H22N2O5. The lowest BCUT2D eigenvalue weighted by Gasteiger charge is -2.19. The first-order valence-electron chi connectivity index (χ1n) is 7.27. The number of aliphatic hydroxyl groups excluding tert-OH is 1. The first-order valence-corrected chi connectivity index (χ1v) is 7.27. The van der Waals surface area contributed by atoms with Crippen LogP contribution in [0.5, 0.6) is 11.5 Å². The molecule has 2 rings (SSSR count). The van der Waals surface area contributed by atoms with Crippen molar-refractivity contribution in [3.63, 3.8) is 0 Å². The number of ether oxygens (including phenoxy) is 1. The zero-order valence-electron chi connectivity index (χ0n) is 13.0. The van der Waals surface area contributed by atoms with Gasteiger partial charge in [-0.25, -0.2) is 5.48 Å². The van der Waals surface area contributed by atoms with E-state index in [0.717, 1.165) is 0 Å². The van der Waals surface area contributed by atoms with E-state index in [1.807, 2.05) is 18.2 Å². The second kappa shape index (κ2) is 9.41. The van der Waals surface area contributed by atoms with Crippen LogP contribution >= 0.6 is 0 Å². The van der Waals surface area contributed by atoms with Crippen LogP contribution in [0.15, 0.2) is 54.6 Å². The van der Waals surface area contributed by atoms with E-state index < -0.39 is 24.0 Å². The molecule has 0 radical (unpaired) electrons. The van der Waals surface area contributed by atoms with Gasteiger partial charge in [-0.15, -0.1) is 0 Å². The summed E-state index contributed by atoms with van der Waals surface area (Å²) in [7, 11) is 0. The van der Waals surface area contributed by atoms with Gasteiger partial charge in [0.25, 0.3) is 11.8 Å². The SMILES string of the molecule is C.C[C@@H](O)[C@H](NC(=O)c1cccc(Oc2ccccc2)c1)C(=O)NO. The van der Waals surface area contributed by atoms with Gasteiger partial charge in [0.1, 0.15) is 17.5 Å². The molecule has 0 aliphatic rings. The number of carbonyl (C=O) groups is 2. The summed E-state index contributed by atoms with van der Waals surface area (Å²) in [5.41, 5.74) is 1.66. The zero-order valence-corrected chi connectivity index (χ0v) is 13.0. The molecule has 0 saturated carbocycles. The van der Waals surface area contributed by atoms with E-state index in [9.17, 15) is 14.7 Å². The van der Waals surface area contributed by atoms with Crippen LogP contribution in [0.4, 0.5) is 0 Å². The molecule has 0 bridgehead atoms. The predicted molar refractivity (Wildman–Crippen MR) is 92.6 cm³/mol. The Bertz CT molecular complexity index is 704. The number of para-hydroxylation sites is 1. The average Bonchev–Trinajstić information content (AvgIpc) is 2.59. The molecule has 0 spiro atoms. The molecule has 0 fully saturated rings. The summed E-state index contributed by atoms with van der Waals surface area (Å²) < 4.78 is 5.64. The lowest BCUT2D eigenvalue weighted by Crippen LogP contribution is -2.51. The number of hydrogen-bond acceptors (Lipinski definition) is 5. The van der Waals surface area contributed by atoms with Gasteiger partial charge in [-0.05, 0) is 37.3 Å². The molecule has 7 nitrogen and oxygen atoms in total. The first kappa shape index (κ1) is 20.1. The lowest BCUT2D eigenvalue weighted by atomic mass is 10.1. The van der Waals surface area contributed by atoms with Crippen molar-refractivity contribution < 1.29 is 24.6 Å². The molecule has 25 heavy (non-hydrogen) atoms. The van der Waals surface area contributed by atoms with Crippen LogP contribution < -0.4 is 15.5 Å². The molecule has 7 heteroatoms. The van der Waals surface area contributed by atoms with E-state index in [2.05, 4.69) is 5.32 Å². The number of hydrogen-bond donors (Lipinski definition) is 4. The Morgan fingerprint density at radius 1 is 1.04 bits per heavy atom. The number of aliphatic hydroxyl groups is 1. The highest BCUT2D eigenvalue weighted by molar-refractivity contribution is 5.97. The van der Waals surface area contributed by atoms with E-state index in [1.54, 1.807) is 30.3 Å². The molecule has 0 aromatic heterocycles. The molecule has 0 heterocycles. The quantitative estimate of drug-likeness (QED) is 0.473. The molecule has 0 unspecified atom stereocenters. The van der Waals surface area contributed by atoms with Crippen molar-refractivity contribution in [2.45, 2.75) is 26.5 Å². The van der Waals surface area contributed by atoms with E-state index in [0.29, 0.717) is 11.5 Å². The first-order chi connectivity index (χ1) is 11.5. The zero-order chi connectivity index (χ0) is 17.5. The van der Waals surface area contributed by atoms with Gasteiger partial charge in [-0.2, -0.15) is 0 Å². The number of hydroxylamine groups is 1. The maximum absolute atomic E-state index is 12.2.